The van der Waals surface area contributed by atoms with Crippen molar-refractivity contribution in [3.8, 4) is 5.75 Å². The molecule has 2 aromatic rings. The topological polar surface area (TPSA) is 38.3 Å². The van der Waals surface area contributed by atoms with E-state index >= 15 is 0 Å². The summed E-state index contributed by atoms with van der Waals surface area (Å²) in [6, 6.07) is 10.1. The quantitative estimate of drug-likeness (QED) is 0.437. The lowest BCUT2D eigenvalue weighted by atomic mass is 10.1. The molecule has 24 heavy (non-hydrogen) atoms. The molecule has 6 heteroatoms. The zero-order valence-electron chi connectivity index (χ0n) is 13.2. The van der Waals surface area contributed by atoms with E-state index in [4.69, 9.17) is 39.5 Å². The summed E-state index contributed by atoms with van der Waals surface area (Å²) in [5.41, 5.74) is 0.841. The molecule has 2 rings (SSSR count). The molecular formula is C18H18Cl3NO2. The van der Waals surface area contributed by atoms with Gasteiger partial charge in [0.05, 0.1) is 32.9 Å². The van der Waals surface area contributed by atoms with E-state index in [2.05, 4.69) is 12.2 Å². The number of amides is 1. The summed E-state index contributed by atoms with van der Waals surface area (Å²) in [6.45, 7) is 2.70. The van der Waals surface area contributed by atoms with Gasteiger partial charge in [0, 0.05) is 0 Å². The number of nitrogens with one attached hydrogen (secondary N) is 1. The van der Waals surface area contributed by atoms with Crippen LogP contribution < -0.4 is 10.1 Å². The molecule has 2 aromatic carbocycles. The summed E-state index contributed by atoms with van der Waals surface area (Å²) >= 11 is 18.0. The van der Waals surface area contributed by atoms with Crippen molar-refractivity contribution < 1.29 is 9.53 Å². The lowest BCUT2D eigenvalue weighted by Gasteiger charge is -2.13. The standard InChI is InChI=1S/C18H18Cl3NO2/c1-2-3-6-9-24-17-8-5-4-7-12(17)18(23)22-16-11-14(20)13(19)10-15(16)21/h4-5,7-8,10-11H,2-3,6,9H2,1H3,(H,22,23). The SMILES string of the molecule is CCCCCOc1ccccc1C(=O)Nc1cc(Cl)c(Cl)cc1Cl. The van der Waals surface area contributed by atoms with E-state index in [-0.39, 0.29) is 5.91 Å². The maximum Gasteiger partial charge on any atom is 0.259 e. The van der Waals surface area contributed by atoms with Gasteiger partial charge in [-0.3, -0.25) is 4.79 Å². The molecule has 128 valence electrons. The summed E-state index contributed by atoms with van der Waals surface area (Å²) < 4.78 is 5.73. The molecule has 0 aliphatic heterocycles. The van der Waals surface area contributed by atoms with Gasteiger partial charge in [0.2, 0.25) is 0 Å². The predicted octanol–water partition coefficient (Wildman–Crippen LogP) is 6.47. The number of para-hydroxylation sites is 1. The van der Waals surface area contributed by atoms with Gasteiger partial charge >= 0.3 is 0 Å². The minimum atomic E-state index is -0.318. The number of benzene rings is 2. The van der Waals surface area contributed by atoms with Crippen LogP contribution in [0.15, 0.2) is 36.4 Å². The monoisotopic (exact) mass is 385 g/mol. The Hall–Kier alpha value is -1.42. The van der Waals surface area contributed by atoms with Crippen molar-refractivity contribution in [2.45, 2.75) is 26.2 Å². The van der Waals surface area contributed by atoms with Crippen molar-refractivity contribution >= 4 is 46.4 Å². The molecule has 0 unspecified atom stereocenters. The molecule has 1 amide bonds. The lowest BCUT2D eigenvalue weighted by Crippen LogP contribution is -2.14. The first-order valence-electron chi connectivity index (χ1n) is 7.70. The van der Waals surface area contributed by atoms with Gasteiger partial charge in [-0.2, -0.15) is 0 Å². The number of hydrogen-bond acceptors (Lipinski definition) is 2. The second-order valence-corrected chi connectivity index (χ2v) is 6.47. The highest BCUT2D eigenvalue weighted by Crippen LogP contribution is 2.33. The molecule has 0 radical (unpaired) electrons. The molecule has 0 saturated carbocycles. The van der Waals surface area contributed by atoms with Crippen LogP contribution in [0, 0.1) is 0 Å². The number of hydrogen-bond donors (Lipinski definition) is 1. The van der Waals surface area contributed by atoms with Crippen molar-refractivity contribution in [2.75, 3.05) is 11.9 Å². The third-order valence-corrected chi connectivity index (χ3v) is 4.43. The molecule has 0 fully saturated rings. The first-order chi connectivity index (χ1) is 11.5. The van der Waals surface area contributed by atoms with E-state index in [1.807, 2.05) is 6.07 Å². The largest absolute Gasteiger partial charge is 0.493 e. The van der Waals surface area contributed by atoms with Crippen LogP contribution in [0.2, 0.25) is 15.1 Å². The van der Waals surface area contributed by atoms with Crippen molar-refractivity contribution in [3.05, 3.63) is 57.0 Å². The molecule has 0 aliphatic rings. The number of halogens is 3. The summed E-state index contributed by atoms with van der Waals surface area (Å²) in [5.74, 6) is 0.226. The van der Waals surface area contributed by atoms with E-state index in [1.165, 1.54) is 12.1 Å². The van der Waals surface area contributed by atoms with Crippen LogP contribution in [-0.2, 0) is 0 Å². The molecule has 3 nitrogen and oxygen atoms in total. The van der Waals surface area contributed by atoms with Gasteiger partial charge in [0.25, 0.3) is 5.91 Å². The Morgan fingerprint density at radius 2 is 1.75 bits per heavy atom. The fourth-order valence-electron chi connectivity index (χ4n) is 2.12. The van der Waals surface area contributed by atoms with Gasteiger partial charge in [0.15, 0.2) is 0 Å². The normalized spacial score (nSPS) is 10.5. The smallest absolute Gasteiger partial charge is 0.259 e. The Labute approximate surface area is 156 Å². The number of unbranched alkanes of at least 4 members (excludes halogenated alkanes) is 2. The van der Waals surface area contributed by atoms with Crippen LogP contribution in [0.4, 0.5) is 5.69 Å². The average Bonchev–Trinajstić information content (AvgIpc) is 2.57. The number of ether oxygens (including phenoxy) is 1. The van der Waals surface area contributed by atoms with Gasteiger partial charge in [-0.1, -0.05) is 66.7 Å². The molecule has 0 aromatic heterocycles. The van der Waals surface area contributed by atoms with Gasteiger partial charge in [-0.25, -0.2) is 0 Å². The van der Waals surface area contributed by atoms with Crippen LogP contribution in [-0.4, -0.2) is 12.5 Å². The highest BCUT2D eigenvalue weighted by Gasteiger charge is 2.15. The molecule has 0 atom stereocenters. The first kappa shape index (κ1) is 18.9. The Balaban J connectivity index is 2.14. The van der Waals surface area contributed by atoms with E-state index in [0.29, 0.717) is 38.7 Å². The lowest BCUT2D eigenvalue weighted by molar-refractivity contribution is 0.102. The third kappa shape index (κ3) is 5.04. The summed E-state index contributed by atoms with van der Waals surface area (Å²) in [7, 11) is 0. The van der Waals surface area contributed by atoms with Crippen LogP contribution >= 0.6 is 34.8 Å². The van der Waals surface area contributed by atoms with Gasteiger partial charge in [0.1, 0.15) is 5.75 Å². The van der Waals surface area contributed by atoms with Gasteiger partial charge in [-0.05, 0) is 30.7 Å². The number of carbonyl (C=O) groups excluding carboxylic acids is 1. The summed E-state index contributed by atoms with van der Waals surface area (Å²) in [4.78, 5) is 12.5. The highest BCUT2D eigenvalue weighted by molar-refractivity contribution is 6.44. The Kier molecular flexibility index (Phi) is 7.22. The van der Waals surface area contributed by atoms with E-state index in [1.54, 1.807) is 18.2 Å². The van der Waals surface area contributed by atoms with Gasteiger partial charge < -0.3 is 10.1 Å². The molecule has 1 N–H and O–H groups in total. The van der Waals surface area contributed by atoms with Gasteiger partial charge in [-0.15, -0.1) is 0 Å². The average molecular weight is 387 g/mol. The second kappa shape index (κ2) is 9.16. The highest BCUT2D eigenvalue weighted by atomic mass is 35.5. The van der Waals surface area contributed by atoms with Crippen molar-refractivity contribution in [2.24, 2.45) is 0 Å². The maximum absolute atomic E-state index is 12.5. The summed E-state index contributed by atoms with van der Waals surface area (Å²) in [5, 5.41) is 3.71. The number of anilines is 1. The van der Waals surface area contributed by atoms with Crippen molar-refractivity contribution in [3.63, 3.8) is 0 Å². The Morgan fingerprint density at radius 1 is 1.04 bits per heavy atom. The van der Waals surface area contributed by atoms with Crippen molar-refractivity contribution in [1.29, 1.82) is 0 Å². The van der Waals surface area contributed by atoms with E-state index in [9.17, 15) is 4.79 Å². The van der Waals surface area contributed by atoms with Crippen molar-refractivity contribution in [1.82, 2.24) is 0 Å². The molecule has 0 spiro atoms. The maximum atomic E-state index is 12.5. The molecule has 0 bridgehead atoms. The van der Waals surface area contributed by atoms with Crippen LogP contribution in [0.1, 0.15) is 36.5 Å². The Morgan fingerprint density at radius 3 is 2.50 bits per heavy atom. The fourth-order valence-corrected chi connectivity index (χ4v) is 2.72. The zero-order valence-corrected chi connectivity index (χ0v) is 15.5. The zero-order chi connectivity index (χ0) is 17.5. The Bertz CT molecular complexity index is 719. The third-order valence-electron chi connectivity index (χ3n) is 3.40. The fraction of sp³-hybridized carbons (Fsp3) is 0.278. The summed E-state index contributed by atoms with van der Waals surface area (Å²) in [6.07, 6.45) is 3.15. The minimum Gasteiger partial charge on any atom is -0.493 e. The number of rotatable bonds is 7. The van der Waals surface area contributed by atoms with E-state index < -0.39 is 0 Å². The molecule has 0 heterocycles. The van der Waals surface area contributed by atoms with Crippen LogP contribution in [0.3, 0.4) is 0 Å². The predicted molar refractivity (Wildman–Crippen MR) is 101 cm³/mol. The van der Waals surface area contributed by atoms with Crippen LogP contribution in [0.5, 0.6) is 5.75 Å². The molecular weight excluding hydrogens is 369 g/mol. The first-order valence-corrected chi connectivity index (χ1v) is 8.84. The van der Waals surface area contributed by atoms with Crippen LogP contribution in [0.25, 0.3) is 0 Å². The second-order valence-electron chi connectivity index (χ2n) is 5.25. The molecule has 0 saturated heterocycles. The number of carbonyl (C=O) groups is 1. The van der Waals surface area contributed by atoms with E-state index in [0.717, 1.165) is 19.3 Å². The minimum absolute atomic E-state index is 0.318. The molecule has 0 aliphatic carbocycles.